The van der Waals surface area contributed by atoms with Crippen molar-refractivity contribution in [3.05, 3.63) is 58.6 Å². The highest BCUT2D eigenvalue weighted by Crippen LogP contribution is 2.29. The fourth-order valence-electron chi connectivity index (χ4n) is 2.31. The molecule has 0 aliphatic carbocycles. The number of nitrogens with two attached hydrogens (primary N) is 1. The fraction of sp³-hybridized carbons (Fsp3) is 0.235. The topological polar surface area (TPSA) is 100 Å². The summed E-state index contributed by atoms with van der Waals surface area (Å²) in [6.07, 6.45) is 0. The van der Waals surface area contributed by atoms with Gasteiger partial charge in [0.25, 0.3) is 5.95 Å². The third-order valence-electron chi connectivity index (χ3n) is 3.52. The number of hydrogen-bond donors (Lipinski definition) is 2. The van der Waals surface area contributed by atoms with Crippen LogP contribution in [0.25, 0.3) is 0 Å². The van der Waals surface area contributed by atoms with Crippen molar-refractivity contribution in [2.24, 2.45) is 0 Å². The number of nitrogens with zero attached hydrogens (tertiary/aromatic N) is 4. The lowest BCUT2D eigenvalue weighted by Crippen LogP contribution is -2.18. The summed E-state index contributed by atoms with van der Waals surface area (Å²) >= 11 is 6.00. The zero-order valence-electron chi connectivity index (χ0n) is 14.2. The SMILES string of the molecule is CCOc1cc(CNn2nnnc2N)ccc1OCc1cccc(Cl)c1. The van der Waals surface area contributed by atoms with E-state index in [1.807, 2.05) is 49.4 Å². The summed E-state index contributed by atoms with van der Waals surface area (Å²) < 4.78 is 11.6. The average Bonchev–Trinajstić information content (AvgIpc) is 3.04. The van der Waals surface area contributed by atoms with Crippen LogP contribution in [0.15, 0.2) is 42.5 Å². The van der Waals surface area contributed by atoms with Crippen LogP contribution < -0.4 is 20.6 Å². The molecule has 3 N–H and O–H groups in total. The second-order valence-corrected chi connectivity index (χ2v) is 5.85. The van der Waals surface area contributed by atoms with Gasteiger partial charge in [-0.15, -0.1) is 4.79 Å². The molecule has 136 valence electrons. The molecular formula is C17H19ClN6O2. The molecule has 1 aromatic heterocycles. The zero-order chi connectivity index (χ0) is 18.4. The largest absolute Gasteiger partial charge is 0.490 e. The normalized spacial score (nSPS) is 10.5. The Bertz CT molecular complexity index is 870. The van der Waals surface area contributed by atoms with Crippen molar-refractivity contribution < 1.29 is 9.47 Å². The summed E-state index contributed by atoms with van der Waals surface area (Å²) in [5, 5.41) is 11.5. The maximum absolute atomic E-state index is 6.00. The van der Waals surface area contributed by atoms with Crippen molar-refractivity contribution in [1.82, 2.24) is 20.3 Å². The molecule has 0 fully saturated rings. The summed E-state index contributed by atoms with van der Waals surface area (Å²) in [5.41, 5.74) is 10.6. The molecular weight excluding hydrogens is 356 g/mol. The molecule has 0 atom stereocenters. The number of hydrogen-bond acceptors (Lipinski definition) is 7. The van der Waals surface area contributed by atoms with Crippen molar-refractivity contribution in [3.8, 4) is 11.5 Å². The van der Waals surface area contributed by atoms with Gasteiger partial charge < -0.3 is 20.6 Å². The first-order chi connectivity index (χ1) is 12.7. The molecule has 0 spiro atoms. The van der Waals surface area contributed by atoms with E-state index in [0.29, 0.717) is 36.3 Å². The Morgan fingerprint density at radius 3 is 2.73 bits per heavy atom. The number of halogens is 1. The first-order valence-corrected chi connectivity index (χ1v) is 8.44. The second-order valence-electron chi connectivity index (χ2n) is 5.42. The quantitative estimate of drug-likeness (QED) is 0.625. The van der Waals surface area contributed by atoms with Gasteiger partial charge in [-0.3, -0.25) is 0 Å². The van der Waals surface area contributed by atoms with Gasteiger partial charge >= 0.3 is 0 Å². The van der Waals surface area contributed by atoms with Crippen molar-refractivity contribution in [1.29, 1.82) is 0 Å². The van der Waals surface area contributed by atoms with Crippen molar-refractivity contribution in [2.45, 2.75) is 20.1 Å². The molecule has 3 aromatic rings. The maximum atomic E-state index is 6.00. The van der Waals surface area contributed by atoms with Crippen LogP contribution in [-0.4, -0.2) is 26.9 Å². The van der Waals surface area contributed by atoms with E-state index in [2.05, 4.69) is 21.0 Å². The highest BCUT2D eigenvalue weighted by atomic mass is 35.5. The van der Waals surface area contributed by atoms with E-state index in [9.17, 15) is 0 Å². The number of nitrogens with one attached hydrogen (secondary N) is 1. The van der Waals surface area contributed by atoms with Crippen LogP contribution in [0.3, 0.4) is 0 Å². The third-order valence-corrected chi connectivity index (χ3v) is 3.75. The average molecular weight is 375 g/mol. The summed E-state index contributed by atoms with van der Waals surface area (Å²) in [7, 11) is 0. The maximum Gasteiger partial charge on any atom is 0.260 e. The molecule has 26 heavy (non-hydrogen) atoms. The summed E-state index contributed by atoms with van der Waals surface area (Å²) in [4.78, 5) is 1.31. The number of nitrogen functional groups attached to an aromatic ring is 1. The van der Waals surface area contributed by atoms with Gasteiger partial charge in [0.2, 0.25) is 0 Å². The fourth-order valence-corrected chi connectivity index (χ4v) is 2.52. The Kier molecular flexibility index (Phi) is 5.75. The Morgan fingerprint density at radius 1 is 1.12 bits per heavy atom. The predicted octanol–water partition coefficient (Wildman–Crippen LogP) is 2.63. The highest BCUT2D eigenvalue weighted by molar-refractivity contribution is 6.30. The van der Waals surface area contributed by atoms with Gasteiger partial charge in [-0.25, -0.2) is 0 Å². The van der Waals surface area contributed by atoms with Gasteiger partial charge in [0.15, 0.2) is 11.5 Å². The molecule has 0 radical (unpaired) electrons. The number of anilines is 1. The minimum atomic E-state index is 0.191. The van der Waals surface area contributed by atoms with E-state index in [4.69, 9.17) is 26.8 Å². The van der Waals surface area contributed by atoms with Crippen LogP contribution in [0.2, 0.25) is 5.02 Å². The molecule has 0 unspecified atom stereocenters. The number of aromatic nitrogens is 4. The van der Waals surface area contributed by atoms with Crippen LogP contribution in [0, 0.1) is 0 Å². The zero-order valence-corrected chi connectivity index (χ0v) is 15.0. The van der Waals surface area contributed by atoms with E-state index in [1.54, 1.807) is 0 Å². The standard InChI is InChI=1S/C17H19ClN6O2/c1-2-25-16-9-12(10-20-24-17(19)21-22-23-24)6-7-15(16)26-11-13-4-3-5-14(18)8-13/h3-9,20H,2,10-11H2,1H3,(H2,19,21,23). The lowest BCUT2D eigenvalue weighted by molar-refractivity contribution is 0.269. The number of ether oxygens (including phenoxy) is 2. The van der Waals surface area contributed by atoms with Gasteiger partial charge in [-0.1, -0.05) is 34.9 Å². The number of tetrazole rings is 1. The summed E-state index contributed by atoms with van der Waals surface area (Å²) in [5.74, 6) is 1.52. The molecule has 1 heterocycles. The summed E-state index contributed by atoms with van der Waals surface area (Å²) in [6, 6.07) is 13.3. The monoisotopic (exact) mass is 374 g/mol. The Balaban J connectivity index is 1.68. The Morgan fingerprint density at radius 2 is 2.00 bits per heavy atom. The second kappa shape index (κ2) is 8.39. The van der Waals surface area contributed by atoms with Crippen LogP contribution >= 0.6 is 11.6 Å². The smallest absolute Gasteiger partial charge is 0.260 e. The third kappa shape index (κ3) is 4.54. The van der Waals surface area contributed by atoms with Crippen LogP contribution in [0.4, 0.5) is 5.95 Å². The lowest BCUT2D eigenvalue weighted by Gasteiger charge is -2.14. The minimum absolute atomic E-state index is 0.191. The van der Waals surface area contributed by atoms with E-state index in [-0.39, 0.29) is 5.95 Å². The lowest BCUT2D eigenvalue weighted by atomic mass is 10.2. The molecule has 0 amide bonds. The van der Waals surface area contributed by atoms with E-state index in [0.717, 1.165) is 11.1 Å². The van der Waals surface area contributed by atoms with Crippen molar-refractivity contribution >= 4 is 17.5 Å². The molecule has 0 saturated carbocycles. The minimum Gasteiger partial charge on any atom is -0.490 e. The first kappa shape index (κ1) is 17.8. The van der Waals surface area contributed by atoms with Crippen LogP contribution in [0.1, 0.15) is 18.1 Å². The summed E-state index contributed by atoms with van der Waals surface area (Å²) in [6.45, 7) is 3.33. The van der Waals surface area contributed by atoms with Crippen LogP contribution in [0.5, 0.6) is 11.5 Å². The Labute approximate surface area is 155 Å². The molecule has 0 aliphatic rings. The Hall–Kier alpha value is -3.00. The molecule has 0 saturated heterocycles. The molecule has 0 aliphatic heterocycles. The van der Waals surface area contributed by atoms with E-state index in [1.165, 1.54) is 4.79 Å². The van der Waals surface area contributed by atoms with Gasteiger partial charge in [-0.2, -0.15) is 0 Å². The molecule has 9 heteroatoms. The van der Waals surface area contributed by atoms with Gasteiger partial charge in [0, 0.05) is 5.02 Å². The van der Waals surface area contributed by atoms with Crippen LogP contribution in [-0.2, 0) is 13.2 Å². The molecule has 2 aromatic carbocycles. The van der Waals surface area contributed by atoms with Gasteiger partial charge in [-0.05, 0) is 52.7 Å². The van der Waals surface area contributed by atoms with Crippen molar-refractivity contribution in [2.75, 3.05) is 17.8 Å². The number of rotatable bonds is 8. The molecule has 8 nitrogen and oxygen atoms in total. The van der Waals surface area contributed by atoms with Gasteiger partial charge in [0.05, 0.1) is 13.2 Å². The molecule has 0 bridgehead atoms. The van der Waals surface area contributed by atoms with E-state index < -0.39 is 0 Å². The highest BCUT2D eigenvalue weighted by Gasteiger charge is 2.08. The predicted molar refractivity (Wildman–Crippen MR) is 98.7 cm³/mol. The van der Waals surface area contributed by atoms with Crippen molar-refractivity contribution in [3.63, 3.8) is 0 Å². The number of benzene rings is 2. The van der Waals surface area contributed by atoms with Gasteiger partial charge in [0.1, 0.15) is 6.61 Å². The molecule has 3 rings (SSSR count). The first-order valence-electron chi connectivity index (χ1n) is 8.06. The van der Waals surface area contributed by atoms with E-state index >= 15 is 0 Å².